The number of nitrogens with one attached hydrogen (secondary N) is 3. The Hall–Kier alpha value is -3.01. The summed E-state index contributed by atoms with van der Waals surface area (Å²) in [7, 11) is 0. The lowest BCUT2D eigenvalue weighted by atomic mass is 10.0. The van der Waals surface area contributed by atoms with E-state index in [9.17, 15) is 4.79 Å². The average molecular weight is 465 g/mol. The molecule has 3 aromatic rings. The van der Waals surface area contributed by atoms with Gasteiger partial charge in [0.05, 0.1) is 5.69 Å². The third-order valence-corrected chi connectivity index (χ3v) is 7.72. The summed E-state index contributed by atoms with van der Waals surface area (Å²) in [5, 5.41) is 16.6. The van der Waals surface area contributed by atoms with E-state index in [4.69, 9.17) is 9.97 Å². The summed E-state index contributed by atoms with van der Waals surface area (Å²) in [5.41, 5.74) is 3.46. The Morgan fingerprint density at radius 1 is 1.12 bits per heavy atom. The third-order valence-electron chi connectivity index (χ3n) is 7.04. The second-order valence-corrected chi connectivity index (χ2v) is 10.0. The highest BCUT2D eigenvalue weighted by atomic mass is 32.1. The fourth-order valence-electron chi connectivity index (χ4n) is 5.37. The van der Waals surface area contributed by atoms with E-state index in [-0.39, 0.29) is 11.9 Å². The Morgan fingerprint density at radius 2 is 2.03 bits per heavy atom. The fraction of sp³-hybridized carbons (Fsp3) is 0.522. The van der Waals surface area contributed by atoms with Crippen LogP contribution in [0.15, 0.2) is 17.6 Å². The number of fused-ring (bicyclic) bond motifs is 1. The van der Waals surface area contributed by atoms with E-state index in [1.165, 1.54) is 48.3 Å². The van der Waals surface area contributed by atoms with E-state index in [1.54, 1.807) is 6.20 Å². The molecule has 2 aliphatic carbocycles. The molecule has 3 aromatic heterocycles. The molecule has 10 heteroatoms. The fourth-order valence-corrected chi connectivity index (χ4v) is 5.90. The smallest absolute Gasteiger partial charge is 0.248 e. The second-order valence-electron chi connectivity index (χ2n) is 9.14. The Bertz CT molecular complexity index is 1140. The summed E-state index contributed by atoms with van der Waals surface area (Å²) in [6, 6.07) is 1.83. The number of carbonyl (C=O) groups excluding carboxylic acids is 1. The van der Waals surface area contributed by atoms with Crippen molar-refractivity contribution in [2.24, 2.45) is 0 Å². The van der Waals surface area contributed by atoms with Crippen molar-refractivity contribution in [2.75, 3.05) is 22.1 Å². The molecule has 3 N–H and O–H groups in total. The van der Waals surface area contributed by atoms with Crippen LogP contribution in [0.3, 0.4) is 0 Å². The van der Waals surface area contributed by atoms with Crippen molar-refractivity contribution in [1.29, 1.82) is 0 Å². The normalized spacial score (nSPS) is 20.4. The molecule has 2 fully saturated rings. The number of aryl methyl sites for hydroxylation is 1. The number of anilines is 4. The van der Waals surface area contributed by atoms with E-state index >= 15 is 0 Å². The third kappa shape index (κ3) is 4.07. The van der Waals surface area contributed by atoms with Crippen LogP contribution in [0.2, 0.25) is 0 Å². The highest BCUT2D eigenvalue weighted by molar-refractivity contribution is 7.13. The first kappa shape index (κ1) is 20.6. The van der Waals surface area contributed by atoms with Gasteiger partial charge in [0.25, 0.3) is 0 Å². The zero-order valence-corrected chi connectivity index (χ0v) is 19.3. The van der Waals surface area contributed by atoms with E-state index in [1.807, 2.05) is 10.3 Å². The number of hydrogen-bond donors (Lipinski definition) is 3. The molecule has 0 unspecified atom stereocenters. The maximum absolute atomic E-state index is 13.0. The number of carbonyl (C=O) groups is 1. The highest BCUT2D eigenvalue weighted by Gasteiger charge is 2.34. The molecule has 9 nitrogen and oxygen atoms in total. The zero-order chi connectivity index (χ0) is 22.2. The largest absolute Gasteiger partial charge is 0.329 e. The van der Waals surface area contributed by atoms with E-state index in [2.05, 4.69) is 31.9 Å². The molecule has 3 aliphatic rings. The number of amides is 1. The average Bonchev–Trinajstić information content (AvgIpc) is 3.64. The van der Waals surface area contributed by atoms with Gasteiger partial charge in [-0.25, -0.2) is 9.97 Å². The second kappa shape index (κ2) is 8.74. The molecule has 0 bridgehead atoms. The van der Waals surface area contributed by atoms with Gasteiger partial charge < -0.3 is 15.5 Å². The first-order valence-corrected chi connectivity index (χ1v) is 12.8. The predicted molar refractivity (Wildman–Crippen MR) is 128 cm³/mol. The Balaban J connectivity index is 1.25. The van der Waals surface area contributed by atoms with Gasteiger partial charge in [-0.2, -0.15) is 10.1 Å². The van der Waals surface area contributed by atoms with Crippen LogP contribution >= 0.6 is 11.3 Å². The Morgan fingerprint density at radius 3 is 2.88 bits per heavy atom. The van der Waals surface area contributed by atoms with Crippen molar-refractivity contribution in [1.82, 2.24) is 25.1 Å². The maximum atomic E-state index is 13.0. The Kier molecular flexibility index (Phi) is 5.45. The number of hydrogen-bond acceptors (Lipinski definition) is 8. The quantitative estimate of drug-likeness (QED) is 0.502. The first-order valence-electron chi connectivity index (χ1n) is 11.9. The van der Waals surface area contributed by atoms with Crippen molar-refractivity contribution in [2.45, 2.75) is 69.7 Å². The molecule has 172 valence electrons. The number of rotatable bonds is 6. The monoisotopic (exact) mass is 464 g/mol. The van der Waals surface area contributed by atoms with Crippen molar-refractivity contribution in [3.63, 3.8) is 0 Å². The molecule has 4 heterocycles. The first-order chi connectivity index (χ1) is 16.2. The number of thiazole rings is 1. The van der Waals surface area contributed by atoms with Crippen LogP contribution in [0.25, 0.3) is 0 Å². The molecular weight excluding hydrogens is 436 g/mol. The van der Waals surface area contributed by atoms with Gasteiger partial charge >= 0.3 is 0 Å². The van der Waals surface area contributed by atoms with Gasteiger partial charge in [0.15, 0.2) is 10.9 Å². The number of aromatic amines is 1. The molecule has 1 aliphatic heterocycles. The van der Waals surface area contributed by atoms with Crippen LogP contribution in [0.1, 0.15) is 67.8 Å². The summed E-state index contributed by atoms with van der Waals surface area (Å²) in [6.45, 7) is 0.766. The van der Waals surface area contributed by atoms with Crippen LogP contribution in [0, 0.1) is 0 Å². The molecule has 0 radical (unpaired) electrons. The SMILES string of the molecule is O=C(Nc1nccs1)[C@@H]1CCCN1c1nc2c(c(Nc3cc(C4CCCC4)[nH]n3)n1)CCC2. The molecule has 1 saturated carbocycles. The van der Waals surface area contributed by atoms with Crippen LogP contribution in [-0.4, -0.2) is 43.6 Å². The van der Waals surface area contributed by atoms with Crippen molar-refractivity contribution >= 4 is 40.0 Å². The number of nitrogens with zero attached hydrogens (tertiary/aromatic N) is 5. The minimum Gasteiger partial charge on any atom is -0.329 e. The summed E-state index contributed by atoms with van der Waals surface area (Å²) >= 11 is 1.43. The highest BCUT2D eigenvalue weighted by Crippen LogP contribution is 2.36. The lowest BCUT2D eigenvalue weighted by Gasteiger charge is -2.24. The van der Waals surface area contributed by atoms with Crippen LogP contribution < -0.4 is 15.5 Å². The number of aromatic nitrogens is 5. The zero-order valence-electron chi connectivity index (χ0n) is 18.5. The summed E-state index contributed by atoms with van der Waals surface area (Å²) in [4.78, 5) is 29.0. The Labute approximate surface area is 196 Å². The van der Waals surface area contributed by atoms with Gasteiger partial charge in [-0.15, -0.1) is 11.3 Å². The van der Waals surface area contributed by atoms with E-state index < -0.39 is 0 Å². The minimum absolute atomic E-state index is 0.0467. The van der Waals surface area contributed by atoms with Gasteiger partial charge in [0, 0.05) is 41.4 Å². The lowest BCUT2D eigenvalue weighted by molar-refractivity contribution is -0.117. The van der Waals surface area contributed by atoms with Crippen molar-refractivity contribution < 1.29 is 4.79 Å². The molecule has 0 spiro atoms. The standard InChI is InChI=1S/C23H28N8OS/c32-21(28-23-24-10-12-33-23)18-9-4-11-31(18)22-25-16-8-3-7-15(16)20(27-22)26-19-13-17(29-30-19)14-5-1-2-6-14/h10,12-14,18H,1-9,11H2,(H,24,28,32)(H2,25,26,27,29,30)/t18-/m0/s1. The van der Waals surface area contributed by atoms with E-state index in [0.29, 0.717) is 17.0 Å². The van der Waals surface area contributed by atoms with Gasteiger partial charge in [-0.3, -0.25) is 9.89 Å². The van der Waals surface area contributed by atoms with Crippen LogP contribution in [0.5, 0.6) is 0 Å². The molecule has 1 atom stereocenters. The van der Waals surface area contributed by atoms with Gasteiger partial charge in [0.1, 0.15) is 11.9 Å². The van der Waals surface area contributed by atoms with Crippen LogP contribution in [-0.2, 0) is 17.6 Å². The summed E-state index contributed by atoms with van der Waals surface area (Å²) in [6.07, 6.45) is 11.4. The van der Waals surface area contributed by atoms with Gasteiger partial charge in [-0.05, 0) is 44.9 Å². The van der Waals surface area contributed by atoms with E-state index in [0.717, 1.165) is 56.0 Å². The molecule has 0 aromatic carbocycles. The molecule has 1 saturated heterocycles. The molecule has 6 rings (SSSR count). The summed E-state index contributed by atoms with van der Waals surface area (Å²) in [5.74, 6) is 2.79. The predicted octanol–water partition coefficient (Wildman–Crippen LogP) is 4.15. The van der Waals surface area contributed by atoms with Gasteiger partial charge in [0.2, 0.25) is 11.9 Å². The maximum Gasteiger partial charge on any atom is 0.248 e. The van der Waals surface area contributed by atoms with Crippen LogP contribution in [0.4, 0.5) is 22.7 Å². The summed E-state index contributed by atoms with van der Waals surface area (Å²) < 4.78 is 0. The molecule has 1 amide bonds. The van der Waals surface area contributed by atoms with Crippen molar-refractivity contribution in [3.8, 4) is 0 Å². The minimum atomic E-state index is -0.291. The van der Waals surface area contributed by atoms with Crippen molar-refractivity contribution in [3.05, 3.63) is 34.6 Å². The molecular formula is C23H28N8OS. The number of H-pyrrole nitrogens is 1. The van der Waals surface area contributed by atoms with Gasteiger partial charge in [-0.1, -0.05) is 12.8 Å². The lowest BCUT2D eigenvalue weighted by Crippen LogP contribution is -2.40. The topological polar surface area (TPSA) is 112 Å². The molecule has 33 heavy (non-hydrogen) atoms.